The number of ether oxygens (including phenoxy) is 2. The zero-order valence-electron chi connectivity index (χ0n) is 11.9. The summed E-state index contributed by atoms with van der Waals surface area (Å²) in [6.07, 6.45) is -1.46. The molecular formula is C13H14ClF3N2O4. The second kappa shape index (κ2) is 7.80. The van der Waals surface area contributed by atoms with Crippen LogP contribution in [0.3, 0.4) is 0 Å². The fraction of sp³-hybridized carbons (Fsp3) is 0.538. The van der Waals surface area contributed by atoms with E-state index in [1.165, 1.54) is 0 Å². The first-order chi connectivity index (χ1) is 10.8. The molecule has 0 aliphatic carbocycles. The zero-order valence-corrected chi connectivity index (χ0v) is 12.6. The lowest BCUT2D eigenvalue weighted by molar-refractivity contribution is -0.186. The Labute approximate surface area is 134 Å². The summed E-state index contributed by atoms with van der Waals surface area (Å²) in [5.41, 5.74) is 2.21. The highest BCUT2D eigenvalue weighted by atomic mass is 35.5. The van der Waals surface area contributed by atoms with Gasteiger partial charge < -0.3 is 9.47 Å². The van der Waals surface area contributed by atoms with Gasteiger partial charge in [0, 0.05) is 19.2 Å². The molecule has 0 saturated carbocycles. The van der Waals surface area contributed by atoms with Crippen molar-refractivity contribution in [3.63, 3.8) is 0 Å². The van der Waals surface area contributed by atoms with Gasteiger partial charge in [-0.25, -0.2) is 15.3 Å². The Morgan fingerprint density at radius 3 is 2.87 bits per heavy atom. The molecule has 0 aromatic carbocycles. The van der Waals surface area contributed by atoms with Crippen LogP contribution in [0.25, 0.3) is 0 Å². The second-order valence-electron chi connectivity index (χ2n) is 4.76. The highest BCUT2D eigenvalue weighted by Crippen LogP contribution is 2.25. The number of carbonyl (C=O) groups is 1. The molecule has 1 saturated heterocycles. The molecule has 1 fully saturated rings. The average molecular weight is 355 g/mol. The van der Waals surface area contributed by atoms with E-state index < -0.39 is 30.9 Å². The molecule has 2 heterocycles. The third kappa shape index (κ3) is 5.85. The van der Waals surface area contributed by atoms with Crippen molar-refractivity contribution in [3.05, 3.63) is 22.8 Å². The van der Waals surface area contributed by atoms with Gasteiger partial charge in [-0.3, -0.25) is 4.79 Å². The van der Waals surface area contributed by atoms with Gasteiger partial charge in [-0.2, -0.15) is 13.2 Å². The first kappa shape index (κ1) is 17.8. The average Bonchev–Trinajstić information content (AvgIpc) is 2.51. The number of nitrogens with one attached hydrogen (secondary N) is 1. The van der Waals surface area contributed by atoms with Crippen LogP contribution in [0.15, 0.2) is 12.3 Å². The van der Waals surface area contributed by atoms with Crippen molar-refractivity contribution in [1.82, 2.24) is 10.5 Å². The van der Waals surface area contributed by atoms with E-state index in [4.69, 9.17) is 21.2 Å². The van der Waals surface area contributed by atoms with Crippen LogP contribution in [0, 0.1) is 0 Å². The van der Waals surface area contributed by atoms with Crippen LogP contribution in [0.1, 0.15) is 29.6 Å². The third-order valence-electron chi connectivity index (χ3n) is 2.86. The Balaban J connectivity index is 1.89. The Morgan fingerprint density at radius 2 is 2.26 bits per heavy atom. The molecule has 1 aliphatic rings. The standard InChI is InChI=1S/C13H14ClF3N2O4/c14-9-5-8(6-18-12(9)22-7-13(15,16)17)11(20)19-23-10-3-1-2-4-21-10/h5-6,10H,1-4,7H2,(H,19,20)/t10-/m1/s1. The molecule has 6 nitrogen and oxygen atoms in total. The molecule has 2 rings (SSSR count). The minimum atomic E-state index is -4.51. The van der Waals surface area contributed by atoms with Gasteiger partial charge in [-0.1, -0.05) is 11.6 Å². The van der Waals surface area contributed by atoms with Gasteiger partial charge in [0.1, 0.15) is 5.02 Å². The maximum Gasteiger partial charge on any atom is 0.422 e. The number of hydrogen-bond donors (Lipinski definition) is 1. The summed E-state index contributed by atoms with van der Waals surface area (Å²) in [5, 5.41) is -0.212. The summed E-state index contributed by atoms with van der Waals surface area (Å²) in [6, 6.07) is 1.14. The third-order valence-corrected chi connectivity index (χ3v) is 3.13. The molecule has 0 unspecified atom stereocenters. The van der Waals surface area contributed by atoms with Gasteiger partial charge in [-0.05, 0) is 18.9 Å². The normalized spacial score (nSPS) is 18.5. The minimum Gasteiger partial charge on any atom is -0.467 e. The largest absolute Gasteiger partial charge is 0.467 e. The highest BCUT2D eigenvalue weighted by molar-refractivity contribution is 6.32. The van der Waals surface area contributed by atoms with Crippen LogP contribution in [-0.4, -0.2) is 36.6 Å². The Hall–Kier alpha value is -1.58. The number of hydrogen-bond acceptors (Lipinski definition) is 5. The number of halogens is 4. The van der Waals surface area contributed by atoms with E-state index in [1.807, 2.05) is 0 Å². The zero-order chi connectivity index (χ0) is 16.9. The molecule has 23 heavy (non-hydrogen) atoms. The SMILES string of the molecule is O=C(NO[C@@H]1CCCCO1)c1cnc(OCC(F)(F)F)c(Cl)c1. The number of carbonyl (C=O) groups excluding carboxylic acids is 1. The van der Waals surface area contributed by atoms with Crippen LogP contribution in [-0.2, 0) is 9.57 Å². The van der Waals surface area contributed by atoms with E-state index in [0.29, 0.717) is 13.0 Å². The minimum absolute atomic E-state index is 0.0187. The molecule has 1 aromatic rings. The molecule has 1 aliphatic heterocycles. The lowest BCUT2D eigenvalue weighted by Crippen LogP contribution is -2.33. The van der Waals surface area contributed by atoms with Gasteiger partial charge in [-0.15, -0.1) is 0 Å². The Kier molecular flexibility index (Phi) is 6.03. The topological polar surface area (TPSA) is 69.7 Å². The maximum absolute atomic E-state index is 12.1. The molecule has 0 bridgehead atoms. The van der Waals surface area contributed by atoms with Crippen molar-refractivity contribution in [3.8, 4) is 5.88 Å². The fourth-order valence-corrected chi connectivity index (χ4v) is 2.01. The van der Waals surface area contributed by atoms with Crippen molar-refractivity contribution in [2.75, 3.05) is 13.2 Å². The molecule has 0 radical (unpaired) electrons. The summed E-state index contributed by atoms with van der Waals surface area (Å²) in [5.74, 6) is -1.05. The van der Waals surface area contributed by atoms with E-state index >= 15 is 0 Å². The second-order valence-corrected chi connectivity index (χ2v) is 5.17. The fourth-order valence-electron chi connectivity index (χ4n) is 1.79. The van der Waals surface area contributed by atoms with Crippen molar-refractivity contribution in [2.24, 2.45) is 0 Å². The maximum atomic E-state index is 12.1. The van der Waals surface area contributed by atoms with Crippen LogP contribution < -0.4 is 10.2 Å². The highest BCUT2D eigenvalue weighted by Gasteiger charge is 2.29. The smallest absolute Gasteiger partial charge is 0.422 e. The summed E-state index contributed by atoms with van der Waals surface area (Å²) >= 11 is 5.75. The van der Waals surface area contributed by atoms with E-state index in [0.717, 1.165) is 25.1 Å². The summed E-state index contributed by atoms with van der Waals surface area (Å²) in [7, 11) is 0. The summed E-state index contributed by atoms with van der Waals surface area (Å²) in [4.78, 5) is 20.5. The van der Waals surface area contributed by atoms with E-state index in [1.54, 1.807) is 0 Å². The summed E-state index contributed by atoms with van der Waals surface area (Å²) < 4.78 is 45.9. The number of amides is 1. The quantitative estimate of drug-likeness (QED) is 0.823. The van der Waals surface area contributed by atoms with Gasteiger partial charge in [0.2, 0.25) is 5.88 Å². The number of pyridine rings is 1. The molecule has 0 spiro atoms. The molecule has 1 amide bonds. The van der Waals surface area contributed by atoms with Crippen LogP contribution in [0.4, 0.5) is 13.2 Å². The molecule has 1 N–H and O–H groups in total. The van der Waals surface area contributed by atoms with Crippen molar-refractivity contribution >= 4 is 17.5 Å². The molecular weight excluding hydrogens is 341 g/mol. The van der Waals surface area contributed by atoms with Gasteiger partial charge in [0.15, 0.2) is 12.9 Å². The van der Waals surface area contributed by atoms with Crippen LogP contribution >= 0.6 is 11.6 Å². The van der Waals surface area contributed by atoms with Crippen LogP contribution in [0.5, 0.6) is 5.88 Å². The Bertz CT molecular complexity index is 551. The number of nitrogens with zero attached hydrogens (tertiary/aromatic N) is 1. The first-order valence-corrected chi connectivity index (χ1v) is 7.15. The van der Waals surface area contributed by atoms with E-state index in [-0.39, 0.29) is 10.6 Å². The first-order valence-electron chi connectivity index (χ1n) is 6.78. The van der Waals surface area contributed by atoms with Gasteiger partial charge in [0.05, 0.1) is 5.56 Å². The Morgan fingerprint density at radius 1 is 1.48 bits per heavy atom. The molecule has 1 atom stereocenters. The van der Waals surface area contributed by atoms with Gasteiger partial charge in [0.25, 0.3) is 5.91 Å². The molecule has 1 aromatic heterocycles. The van der Waals surface area contributed by atoms with E-state index in [2.05, 4.69) is 15.2 Å². The monoisotopic (exact) mass is 354 g/mol. The number of aromatic nitrogens is 1. The number of rotatable bonds is 5. The van der Waals surface area contributed by atoms with E-state index in [9.17, 15) is 18.0 Å². The number of hydroxylamine groups is 1. The predicted octanol–water partition coefficient (Wildman–Crippen LogP) is 2.86. The van der Waals surface area contributed by atoms with Crippen molar-refractivity contribution in [1.29, 1.82) is 0 Å². The summed E-state index contributed by atoms with van der Waals surface area (Å²) in [6.45, 7) is -0.966. The lowest BCUT2D eigenvalue weighted by Gasteiger charge is -2.22. The van der Waals surface area contributed by atoms with Crippen molar-refractivity contribution in [2.45, 2.75) is 31.7 Å². The molecule has 10 heteroatoms. The number of alkyl halides is 3. The lowest BCUT2D eigenvalue weighted by atomic mass is 10.2. The molecule has 128 valence electrons. The van der Waals surface area contributed by atoms with Crippen molar-refractivity contribution < 1.29 is 32.3 Å². The van der Waals surface area contributed by atoms with Crippen LogP contribution in [0.2, 0.25) is 5.02 Å². The predicted molar refractivity (Wildman–Crippen MR) is 72.9 cm³/mol. The van der Waals surface area contributed by atoms with Gasteiger partial charge >= 0.3 is 6.18 Å².